The third-order valence-electron chi connectivity index (χ3n) is 7.59. The number of carbonyl (C=O) groups is 1. The second-order valence-corrected chi connectivity index (χ2v) is 10.9. The van der Waals surface area contributed by atoms with Gasteiger partial charge in [-0.1, -0.05) is 49.0 Å². The molecule has 3 atom stereocenters. The molecule has 1 aromatic carbocycles. The number of nitrogens with zero attached hydrogens (tertiary/aromatic N) is 5. The van der Waals surface area contributed by atoms with Gasteiger partial charge in [-0.25, -0.2) is 9.83 Å². The van der Waals surface area contributed by atoms with Crippen LogP contribution >= 0.6 is 11.8 Å². The van der Waals surface area contributed by atoms with Gasteiger partial charge in [-0.05, 0) is 57.1 Å². The van der Waals surface area contributed by atoms with Gasteiger partial charge in [0.1, 0.15) is 22.2 Å². The number of benzene rings is 1. The molecular formula is C28H34N6OS. The van der Waals surface area contributed by atoms with E-state index in [0.29, 0.717) is 52.2 Å². The first kappa shape index (κ1) is 26.0. The Balaban J connectivity index is 1.67. The fourth-order valence-corrected chi connectivity index (χ4v) is 6.87. The minimum Gasteiger partial charge on any atom is -0.368 e. The molecule has 1 amide bonds. The van der Waals surface area contributed by atoms with Gasteiger partial charge < -0.3 is 10.6 Å². The minimum absolute atomic E-state index is 0.369. The van der Waals surface area contributed by atoms with Crippen LogP contribution in [0.4, 0.5) is 11.5 Å². The largest absolute Gasteiger partial charge is 0.368 e. The number of hydrogen-bond donors (Lipinski definition) is 1. The topological polar surface area (TPSA) is 90.6 Å². The average molecular weight is 503 g/mol. The van der Waals surface area contributed by atoms with E-state index < -0.39 is 11.2 Å². The van der Waals surface area contributed by atoms with E-state index in [0.717, 1.165) is 31.5 Å². The molecule has 0 radical (unpaired) electrons. The van der Waals surface area contributed by atoms with Gasteiger partial charge in [-0.15, -0.1) is 0 Å². The van der Waals surface area contributed by atoms with E-state index in [1.807, 2.05) is 37.3 Å². The smallest absolute Gasteiger partial charge is 0.235 e. The lowest BCUT2D eigenvalue weighted by atomic mass is 10.00. The predicted molar refractivity (Wildman–Crippen MR) is 144 cm³/mol. The fourth-order valence-electron chi connectivity index (χ4n) is 5.81. The zero-order chi connectivity index (χ0) is 25.8. The van der Waals surface area contributed by atoms with E-state index in [1.54, 1.807) is 0 Å². The maximum atomic E-state index is 12.4. The maximum Gasteiger partial charge on any atom is 0.235 e. The molecule has 0 bridgehead atoms. The Kier molecular flexibility index (Phi) is 8.18. The number of nitriles is 1. The lowest BCUT2D eigenvalue weighted by Gasteiger charge is -2.41. The monoisotopic (exact) mass is 502 g/mol. The molecule has 2 aliphatic heterocycles. The first-order chi connectivity index (χ1) is 17.4. The number of piperidine rings is 1. The molecule has 4 rings (SSSR count). The number of hydrogen-bond acceptors (Lipinski definition) is 6. The summed E-state index contributed by atoms with van der Waals surface area (Å²) in [6, 6.07) is 13.4. The lowest BCUT2D eigenvalue weighted by Crippen LogP contribution is -2.48. The van der Waals surface area contributed by atoms with Gasteiger partial charge in [0.15, 0.2) is 0 Å². The second kappa shape index (κ2) is 11.3. The third kappa shape index (κ3) is 5.07. The van der Waals surface area contributed by atoms with Crippen molar-refractivity contribution in [3.8, 4) is 6.07 Å². The Morgan fingerprint density at radius 2 is 1.86 bits per heavy atom. The molecule has 2 fully saturated rings. The minimum atomic E-state index is -0.675. The van der Waals surface area contributed by atoms with Crippen LogP contribution < -0.4 is 10.6 Å². The highest BCUT2D eigenvalue weighted by molar-refractivity contribution is 8.00. The number of amides is 1. The maximum absolute atomic E-state index is 12.4. The van der Waals surface area contributed by atoms with Gasteiger partial charge >= 0.3 is 0 Å². The van der Waals surface area contributed by atoms with Crippen molar-refractivity contribution >= 4 is 29.2 Å². The van der Waals surface area contributed by atoms with Gasteiger partial charge in [0.05, 0.1) is 12.1 Å². The molecule has 2 aliphatic rings. The van der Waals surface area contributed by atoms with Crippen LogP contribution in [0, 0.1) is 17.9 Å². The molecule has 3 heterocycles. The molecule has 2 aromatic rings. The molecule has 1 unspecified atom stereocenters. The molecule has 7 nitrogen and oxygen atoms in total. The number of thioether (sulfide) groups is 1. The molecule has 36 heavy (non-hydrogen) atoms. The summed E-state index contributed by atoms with van der Waals surface area (Å²) in [6.45, 7) is 16.2. The van der Waals surface area contributed by atoms with Crippen molar-refractivity contribution in [2.24, 2.45) is 5.73 Å². The number of likely N-dealkylation sites (tertiary alicyclic amines) is 1. The van der Waals surface area contributed by atoms with Crippen LogP contribution in [0.15, 0.2) is 35.4 Å². The molecule has 1 aromatic heterocycles. The summed E-state index contributed by atoms with van der Waals surface area (Å²) in [7, 11) is 0. The molecule has 8 heteroatoms. The van der Waals surface area contributed by atoms with Crippen LogP contribution in [0.5, 0.6) is 0 Å². The molecular weight excluding hydrogens is 468 g/mol. The van der Waals surface area contributed by atoms with E-state index in [-0.39, 0.29) is 0 Å². The number of aromatic nitrogens is 1. The fraction of sp³-hybridized carbons (Fsp3) is 0.500. The van der Waals surface area contributed by atoms with Crippen molar-refractivity contribution in [3.05, 3.63) is 58.4 Å². The highest BCUT2D eigenvalue weighted by Crippen LogP contribution is 2.43. The quantitative estimate of drug-likeness (QED) is 0.412. The van der Waals surface area contributed by atoms with Crippen molar-refractivity contribution < 1.29 is 4.79 Å². The molecule has 0 saturated carbocycles. The Labute approximate surface area is 218 Å². The van der Waals surface area contributed by atoms with Crippen LogP contribution in [-0.2, 0) is 11.2 Å². The number of primary amides is 1. The first-order valence-electron chi connectivity index (χ1n) is 12.8. The summed E-state index contributed by atoms with van der Waals surface area (Å²) in [6.07, 6.45) is 5.08. The highest BCUT2D eigenvalue weighted by atomic mass is 32.2. The van der Waals surface area contributed by atoms with Crippen molar-refractivity contribution in [1.82, 2.24) is 9.88 Å². The summed E-state index contributed by atoms with van der Waals surface area (Å²) in [5, 5.41) is 9.83. The zero-order valence-corrected chi connectivity index (χ0v) is 22.1. The van der Waals surface area contributed by atoms with E-state index in [4.69, 9.17) is 17.3 Å². The van der Waals surface area contributed by atoms with Crippen molar-refractivity contribution in [1.29, 1.82) is 5.26 Å². The lowest BCUT2D eigenvalue weighted by molar-refractivity contribution is -0.117. The van der Waals surface area contributed by atoms with Gasteiger partial charge in [-0.2, -0.15) is 5.26 Å². The van der Waals surface area contributed by atoms with E-state index >= 15 is 0 Å². The van der Waals surface area contributed by atoms with Crippen molar-refractivity contribution in [3.63, 3.8) is 0 Å². The molecule has 0 spiro atoms. The van der Waals surface area contributed by atoms with Crippen molar-refractivity contribution in [2.45, 2.75) is 81.3 Å². The van der Waals surface area contributed by atoms with E-state index in [2.05, 4.69) is 34.6 Å². The summed E-state index contributed by atoms with van der Waals surface area (Å²) in [5.41, 5.74) is 8.06. The van der Waals surface area contributed by atoms with Crippen LogP contribution in [-0.4, -0.2) is 47.0 Å². The normalized spacial score (nSPS) is 21.6. The van der Waals surface area contributed by atoms with Gasteiger partial charge in [0.2, 0.25) is 11.6 Å². The second-order valence-electron chi connectivity index (χ2n) is 9.77. The molecule has 188 valence electrons. The Morgan fingerprint density at radius 1 is 1.22 bits per heavy atom. The number of rotatable bonds is 7. The van der Waals surface area contributed by atoms with Crippen LogP contribution in [0.25, 0.3) is 4.85 Å². The molecule has 2 saturated heterocycles. The predicted octanol–water partition coefficient (Wildman–Crippen LogP) is 5.23. The molecule has 2 N–H and O–H groups in total. The Bertz CT molecular complexity index is 1170. The standard InChI is InChI=1S/C28H34N6OS/c1-5-22-23(17-29)28(36-25(26(30)35)20-9-7-6-8-10-20)32-27(24(22)31-4)33-15-13-21(14-16-33)34-18(2)11-12-19(34)3/h6-10,18-19,21,25H,5,11-16H2,1-3H3,(H2,30,35)/t18-,19-,25?/m0/s1. The summed E-state index contributed by atoms with van der Waals surface area (Å²) in [5.74, 6) is 0.140. The van der Waals surface area contributed by atoms with E-state index in [9.17, 15) is 10.1 Å². The Morgan fingerprint density at radius 3 is 2.39 bits per heavy atom. The highest BCUT2D eigenvalue weighted by Gasteiger charge is 2.36. The average Bonchev–Trinajstić information content (AvgIpc) is 3.24. The number of pyridine rings is 1. The SMILES string of the molecule is [C-]#[N+]c1c(N2CCC(N3[C@@H](C)CC[C@@H]3C)CC2)nc(SC(C(N)=O)c2ccccc2)c(C#N)c1CC. The van der Waals surface area contributed by atoms with Crippen molar-refractivity contribution in [2.75, 3.05) is 18.0 Å². The summed E-state index contributed by atoms with van der Waals surface area (Å²) >= 11 is 1.20. The van der Waals surface area contributed by atoms with Crippen LogP contribution in [0.1, 0.15) is 68.4 Å². The number of anilines is 1. The molecule has 0 aliphatic carbocycles. The number of nitrogens with two attached hydrogens (primary N) is 1. The third-order valence-corrected chi connectivity index (χ3v) is 8.85. The van der Waals surface area contributed by atoms with Gasteiger partial charge in [-0.3, -0.25) is 9.69 Å². The van der Waals surface area contributed by atoms with E-state index in [1.165, 1.54) is 24.6 Å². The first-order valence-corrected chi connectivity index (χ1v) is 13.6. The van der Waals surface area contributed by atoms with Gasteiger partial charge in [0, 0.05) is 31.2 Å². The van der Waals surface area contributed by atoms with Gasteiger partial charge in [0.25, 0.3) is 0 Å². The van der Waals surface area contributed by atoms with Crippen LogP contribution in [0.2, 0.25) is 0 Å². The Hall–Kier alpha value is -3.07. The summed E-state index contributed by atoms with van der Waals surface area (Å²) in [4.78, 5) is 26.0. The zero-order valence-electron chi connectivity index (χ0n) is 21.3. The number of carbonyl (C=O) groups excluding carboxylic acids is 1. The van der Waals surface area contributed by atoms with Crippen LogP contribution in [0.3, 0.4) is 0 Å². The summed E-state index contributed by atoms with van der Waals surface area (Å²) < 4.78 is 0.